The molecule has 0 aliphatic carbocycles. The van der Waals surface area contributed by atoms with E-state index in [0.717, 1.165) is 61.6 Å². The van der Waals surface area contributed by atoms with Gasteiger partial charge in [0.15, 0.2) is 0 Å². The van der Waals surface area contributed by atoms with Crippen molar-refractivity contribution >= 4 is 17.3 Å². The van der Waals surface area contributed by atoms with Gasteiger partial charge in [0.2, 0.25) is 0 Å². The zero-order valence-corrected chi connectivity index (χ0v) is 16.7. The van der Waals surface area contributed by atoms with Crippen molar-refractivity contribution in [2.45, 2.75) is 33.4 Å². The Bertz CT molecular complexity index is 862. The number of hydrogen-bond donors (Lipinski definition) is 1. The number of nitrogens with zero attached hydrogens (tertiary/aromatic N) is 3. The largest absolute Gasteiger partial charge is 0.381 e. The fraction of sp³-hybridized carbons (Fsp3) is 0.455. The van der Waals surface area contributed by atoms with E-state index in [1.807, 2.05) is 24.2 Å². The minimum absolute atomic E-state index is 0.169. The van der Waals surface area contributed by atoms with E-state index in [1.54, 1.807) is 0 Å². The molecule has 1 aromatic heterocycles. The van der Waals surface area contributed by atoms with E-state index in [9.17, 15) is 4.79 Å². The van der Waals surface area contributed by atoms with Gasteiger partial charge in [-0.05, 0) is 42.7 Å². The molecule has 1 fully saturated rings. The normalized spacial score (nSPS) is 16.4. The highest BCUT2D eigenvalue weighted by atomic mass is 16.5. The number of carbonyl (C=O) groups excluding carboxylic acids is 1. The van der Waals surface area contributed by atoms with E-state index < -0.39 is 0 Å². The Labute approximate surface area is 166 Å². The highest BCUT2D eigenvalue weighted by Crippen LogP contribution is 2.30. The van der Waals surface area contributed by atoms with Gasteiger partial charge in [0.25, 0.3) is 5.91 Å². The van der Waals surface area contributed by atoms with Crippen LogP contribution in [0.2, 0.25) is 0 Å². The second kappa shape index (κ2) is 8.19. The Kier molecular flexibility index (Phi) is 5.48. The fourth-order valence-corrected chi connectivity index (χ4v) is 4.15. The Balaban J connectivity index is 1.51. The van der Waals surface area contributed by atoms with Crippen molar-refractivity contribution in [1.82, 2.24) is 9.88 Å². The standard InChI is InChI=1S/C22H28N4O2/c1-3-6-26-15-17-12-19(11-16(2)21(17)22(26)27)24-14-18-13-23-5-4-20(18)25-7-9-28-10-8-25/h4-5,11-13,24H,3,6-10,14-15H2,1-2H3. The van der Waals surface area contributed by atoms with Gasteiger partial charge in [-0.25, -0.2) is 0 Å². The van der Waals surface area contributed by atoms with Crippen LogP contribution in [0.25, 0.3) is 0 Å². The molecule has 6 heteroatoms. The van der Waals surface area contributed by atoms with Gasteiger partial charge >= 0.3 is 0 Å². The number of aryl methyl sites for hydroxylation is 1. The lowest BCUT2D eigenvalue weighted by Gasteiger charge is -2.30. The molecule has 0 unspecified atom stereocenters. The van der Waals surface area contributed by atoms with Crippen LogP contribution < -0.4 is 10.2 Å². The lowest BCUT2D eigenvalue weighted by Crippen LogP contribution is -2.36. The smallest absolute Gasteiger partial charge is 0.254 e. The lowest BCUT2D eigenvalue weighted by atomic mass is 10.0. The summed E-state index contributed by atoms with van der Waals surface area (Å²) in [6, 6.07) is 6.29. The maximum Gasteiger partial charge on any atom is 0.254 e. The fourth-order valence-electron chi connectivity index (χ4n) is 4.15. The van der Waals surface area contributed by atoms with Crippen LogP contribution in [-0.2, 0) is 17.8 Å². The predicted octanol–water partition coefficient (Wildman–Crippen LogP) is 3.20. The first-order valence-corrected chi connectivity index (χ1v) is 10.1. The van der Waals surface area contributed by atoms with Gasteiger partial charge in [0, 0.05) is 67.6 Å². The third-order valence-corrected chi connectivity index (χ3v) is 5.49. The first-order chi connectivity index (χ1) is 13.7. The molecule has 1 amide bonds. The number of morpholine rings is 1. The SMILES string of the molecule is CCCN1Cc2cc(NCc3cnccc3N3CCOCC3)cc(C)c2C1=O. The van der Waals surface area contributed by atoms with Crippen LogP contribution in [0, 0.1) is 6.92 Å². The summed E-state index contributed by atoms with van der Waals surface area (Å²) in [4.78, 5) is 21.2. The molecule has 0 atom stereocenters. The summed E-state index contributed by atoms with van der Waals surface area (Å²) in [6.07, 6.45) is 4.77. The van der Waals surface area contributed by atoms with Crippen molar-refractivity contribution in [3.8, 4) is 0 Å². The first kappa shape index (κ1) is 18.7. The molecule has 4 rings (SSSR count). The molecule has 2 aliphatic heterocycles. The molecule has 1 saturated heterocycles. The van der Waals surface area contributed by atoms with Crippen LogP contribution in [-0.4, -0.2) is 48.6 Å². The Morgan fingerprint density at radius 2 is 2.07 bits per heavy atom. The number of hydrogen-bond acceptors (Lipinski definition) is 5. The second-order valence-electron chi connectivity index (χ2n) is 7.51. The average Bonchev–Trinajstić information content (AvgIpc) is 3.03. The number of rotatable bonds is 6. The molecule has 0 bridgehead atoms. The molecule has 3 heterocycles. The number of anilines is 2. The number of nitrogens with one attached hydrogen (secondary N) is 1. The third-order valence-electron chi connectivity index (χ3n) is 5.49. The number of carbonyl (C=O) groups is 1. The van der Waals surface area contributed by atoms with Crippen LogP contribution in [0.1, 0.15) is 40.4 Å². The van der Waals surface area contributed by atoms with Crippen molar-refractivity contribution in [3.63, 3.8) is 0 Å². The maximum absolute atomic E-state index is 12.6. The third kappa shape index (κ3) is 3.69. The summed E-state index contributed by atoms with van der Waals surface area (Å²) >= 11 is 0. The number of amides is 1. The summed E-state index contributed by atoms with van der Waals surface area (Å²) in [7, 11) is 0. The minimum Gasteiger partial charge on any atom is -0.381 e. The van der Waals surface area contributed by atoms with Crippen LogP contribution in [0.15, 0.2) is 30.6 Å². The van der Waals surface area contributed by atoms with Crippen LogP contribution >= 0.6 is 0 Å². The molecular weight excluding hydrogens is 352 g/mol. The van der Waals surface area contributed by atoms with Crippen LogP contribution in [0.4, 0.5) is 11.4 Å². The van der Waals surface area contributed by atoms with Crippen LogP contribution in [0.3, 0.4) is 0 Å². The van der Waals surface area contributed by atoms with Gasteiger partial charge in [-0.15, -0.1) is 0 Å². The topological polar surface area (TPSA) is 57.7 Å². The molecule has 0 spiro atoms. The Morgan fingerprint density at radius 1 is 1.25 bits per heavy atom. The van der Waals surface area contributed by atoms with Crippen molar-refractivity contribution < 1.29 is 9.53 Å². The highest BCUT2D eigenvalue weighted by molar-refractivity contribution is 6.00. The predicted molar refractivity (Wildman–Crippen MR) is 111 cm³/mol. The molecule has 28 heavy (non-hydrogen) atoms. The zero-order valence-electron chi connectivity index (χ0n) is 16.7. The van der Waals surface area contributed by atoms with Gasteiger partial charge in [-0.3, -0.25) is 9.78 Å². The summed E-state index contributed by atoms with van der Waals surface area (Å²) in [5, 5.41) is 3.54. The molecule has 0 radical (unpaired) electrons. The lowest BCUT2D eigenvalue weighted by molar-refractivity contribution is 0.0778. The van der Waals surface area contributed by atoms with E-state index >= 15 is 0 Å². The molecular formula is C22H28N4O2. The molecule has 6 nitrogen and oxygen atoms in total. The number of benzene rings is 1. The van der Waals surface area contributed by atoms with Gasteiger partial charge in [0.05, 0.1) is 13.2 Å². The number of fused-ring (bicyclic) bond motifs is 1. The van der Waals surface area contributed by atoms with Gasteiger partial charge in [0.1, 0.15) is 0 Å². The molecule has 2 aromatic rings. The zero-order chi connectivity index (χ0) is 19.5. The van der Waals surface area contributed by atoms with E-state index in [4.69, 9.17) is 4.74 Å². The van der Waals surface area contributed by atoms with Gasteiger partial charge < -0.3 is 19.9 Å². The molecule has 1 aromatic carbocycles. The van der Waals surface area contributed by atoms with E-state index in [0.29, 0.717) is 13.1 Å². The summed E-state index contributed by atoms with van der Waals surface area (Å²) in [5.74, 6) is 0.169. The number of pyridine rings is 1. The van der Waals surface area contributed by atoms with Crippen molar-refractivity contribution in [1.29, 1.82) is 0 Å². The Hall–Kier alpha value is -2.60. The maximum atomic E-state index is 12.6. The van der Waals surface area contributed by atoms with Gasteiger partial charge in [-0.1, -0.05) is 6.92 Å². The quantitative estimate of drug-likeness (QED) is 0.834. The van der Waals surface area contributed by atoms with Crippen molar-refractivity contribution in [2.24, 2.45) is 0 Å². The number of ether oxygens (including phenoxy) is 1. The van der Waals surface area contributed by atoms with E-state index in [1.165, 1.54) is 11.3 Å². The van der Waals surface area contributed by atoms with Crippen LogP contribution in [0.5, 0.6) is 0 Å². The average molecular weight is 380 g/mol. The molecule has 0 saturated carbocycles. The molecule has 1 N–H and O–H groups in total. The first-order valence-electron chi connectivity index (χ1n) is 10.1. The van der Waals surface area contributed by atoms with Crippen molar-refractivity contribution in [3.05, 3.63) is 52.8 Å². The molecule has 148 valence electrons. The van der Waals surface area contributed by atoms with Gasteiger partial charge in [-0.2, -0.15) is 0 Å². The summed E-state index contributed by atoms with van der Waals surface area (Å²) in [6.45, 7) is 9.71. The van der Waals surface area contributed by atoms with E-state index in [-0.39, 0.29) is 5.91 Å². The monoisotopic (exact) mass is 380 g/mol. The molecule has 2 aliphatic rings. The Morgan fingerprint density at radius 3 is 2.86 bits per heavy atom. The van der Waals surface area contributed by atoms with E-state index in [2.05, 4.69) is 40.3 Å². The summed E-state index contributed by atoms with van der Waals surface area (Å²) < 4.78 is 5.48. The highest BCUT2D eigenvalue weighted by Gasteiger charge is 2.28. The second-order valence-corrected chi connectivity index (χ2v) is 7.51. The minimum atomic E-state index is 0.169. The summed E-state index contributed by atoms with van der Waals surface area (Å²) in [5.41, 5.74) is 6.50. The van der Waals surface area contributed by atoms with Crippen molar-refractivity contribution in [2.75, 3.05) is 43.1 Å². The number of aromatic nitrogens is 1.